The number of amides is 1. The van der Waals surface area contributed by atoms with Gasteiger partial charge in [0.25, 0.3) is 5.91 Å². The monoisotopic (exact) mass is 365 g/mol. The van der Waals surface area contributed by atoms with Crippen LogP contribution in [0.2, 0.25) is 0 Å². The number of hydrogen-bond acceptors (Lipinski definition) is 6. The van der Waals surface area contributed by atoms with E-state index in [0.29, 0.717) is 22.9 Å². The summed E-state index contributed by atoms with van der Waals surface area (Å²) in [4.78, 5) is 26.3. The van der Waals surface area contributed by atoms with Gasteiger partial charge in [-0.3, -0.25) is 9.59 Å². The number of carbonyl (C=O) groups excluding carboxylic acids is 2. The van der Waals surface area contributed by atoms with Crippen molar-refractivity contribution in [2.45, 2.75) is 26.4 Å². The Hall–Kier alpha value is -2.28. The SMILES string of the molecule is COc1cc2cc(C(=O)N(C)CCC(=O)OC(C)C)sc2cc1OC. The van der Waals surface area contributed by atoms with Crippen molar-refractivity contribution < 1.29 is 23.8 Å². The van der Waals surface area contributed by atoms with E-state index in [9.17, 15) is 9.59 Å². The van der Waals surface area contributed by atoms with Gasteiger partial charge in [-0.25, -0.2) is 0 Å². The van der Waals surface area contributed by atoms with Crippen LogP contribution in [0.25, 0.3) is 10.1 Å². The van der Waals surface area contributed by atoms with Crippen LogP contribution in [0.15, 0.2) is 18.2 Å². The van der Waals surface area contributed by atoms with E-state index < -0.39 is 0 Å². The van der Waals surface area contributed by atoms with E-state index in [2.05, 4.69) is 0 Å². The lowest BCUT2D eigenvalue weighted by Gasteiger charge is -2.16. The highest BCUT2D eigenvalue weighted by Gasteiger charge is 2.18. The molecule has 25 heavy (non-hydrogen) atoms. The second-order valence-corrected chi connectivity index (χ2v) is 6.95. The topological polar surface area (TPSA) is 65.1 Å². The number of benzene rings is 1. The largest absolute Gasteiger partial charge is 0.493 e. The maximum absolute atomic E-state index is 12.6. The first-order chi connectivity index (χ1) is 11.8. The molecule has 0 aliphatic carbocycles. The van der Waals surface area contributed by atoms with Crippen LogP contribution < -0.4 is 9.47 Å². The molecule has 0 aliphatic rings. The van der Waals surface area contributed by atoms with Gasteiger partial charge >= 0.3 is 5.97 Å². The molecular weight excluding hydrogens is 342 g/mol. The van der Waals surface area contributed by atoms with Crippen LogP contribution in [0.3, 0.4) is 0 Å². The van der Waals surface area contributed by atoms with Crippen molar-refractivity contribution in [3.63, 3.8) is 0 Å². The summed E-state index contributed by atoms with van der Waals surface area (Å²) in [5.74, 6) is 0.814. The number of nitrogens with zero attached hydrogens (tertiary/aromatic N) is 1. The Morgan fingerprint density at radius 1 is 1.12 bits per heavy atom. The Morgan fingerprint density at radius 3 is 2.36 bits per heavy atom. The zero-order valence-electron chi connectivity index (χ0n) is 15.1. The van der Waals surface area contributed by atoms with Crippen LogP contribution in [-0.4, -0.2) is 50.7 Å². The molecule has 0 radical (unpaired) electrons. The average molecular weight is 365 g/mol. The van der Waals surface area contributed by atoms with E-state index in [1.165, 1.54) is 16.2 Å². The van der Waals surface area contributed by atoms with Gasteiger partial charge in [-0.1, -0.05) is 0 Å². The van der Waals surface area contributed by atoms with Crippen LogP contribution in [0.5, 0.6) is 11.5 Å². The third kappa shape index (κ3) is 4.63. The van der Waals surface area contributed by atoms with Crippen LogP contribution in [0.4, 0.5) is 0 Å². The highest BCUT2D eigenvalue weighted by Crippen LogP contribution is 2.36. The third-order valence-corrected chi connectivity index (χ3v) is 4.68. The van der Waals surface area contributed by atoms with Crippen molar-refractivity contribution in [3.8, 4) is 11.5 Å². The second-order valence-electron chi connectivity index (χ2n) is 5.87. The molecule has 0 aliphatic heterocycles. The minimum absolute atomic E-state index is 0.128. The molecule has 0 unspecified atom stereocenters. The quantitative estimate of drug-likeness (QED) is 0.704. The van der Waals surface area contributed by atoms with Gasteiger partial charge < -0.3 is 19.1 Å². The molecule has 0 N–H and O–H groups in total. The Morgan fingerprint density at radius 2 is 1.76 bits per heavy atom. The molecule has 6 nitrogen and oxygen atoms in total. The number of carbonyl (C=O) groups is 2. The summed E-state index contributed by atoms with van der Waals surface area (Å²) in [7, 11) is 4.83. The standard InChI is InChI=1S/C18H23NO5S/c1-11(2)24-17(20)6-7-19(3)18(21)16-9-12-8-13(22-4)14(23-5)10-15(12)25-16/h8-11H,6-7H2,1-5H3. The lowest BCUT2D eigenvalue weighted by molar-refractivity contribution is -0.147. The molecule has 1 amide bonds. The average Bonchev–Trinajstić information content (AvgIpc) is 2.99. The van der Waals surface area contributed by atoms with E-state index in [1.807, 2.05) is 18.2 Å². The zero-order chi connectivity index (χ0) is 18.6. The molecule has 2 aromatic rings. The normalized spacial score (nSPS) is 10.8. The van der Waals surface area contributed by atoms with Gasteiger partial charge in [-0.15, -0.1) is 11.3 Å². The maximum Gasteiger partial charge on any atom is 0.307 e. The van der Waals surface area contributed by atoms with Gasteiger partial charge in [-0.05, 0) is 31.4 Å². The van der Waals surface area contributed by atoms with E-state index in [0.717, 1.165) is 10.1 Å². The fourth-order valence-corrected chi connectivity index (χ4v) is 3.41. The lowest BCUT2D eigenvalue weighted by Crippen LogP contribution is -2.29. The lowest BCUT2D eigenvalue weighted by atomic mass is 10.2. The molecule has 0 saturated carbocycles. The van der Waals surface area contributed by atoms with Gasteiger partial charge in [0.2, 0.25) is 0 Å². The molecular formula is C18H23NO5S. The molecule has 1 aromatic carbocycles. The summed E-state index contributed by atoms with van der Waals surface area (Å²) in [6.07, 6.45) is 0.0218. The maximum atomic E-state index is 12.6. The molecule has 0 saturated heterocycles. The molecule has 7 heteroatoms. The number of esters is 1. The summed E-state index contributed by atoms with van der Waals surface area (Å²) >= 11 is 1.38. The molecule has 0 bridgehead atoms. The van der Waals surface area contributed by atoms with Gasteiger partial charge in [0.05, 0.1) is 31.6 Å². The minimum atomic E-state index is -0.305. The number of methoxy groups -OCH3 is 2. The smallest absolute Gasteiger partial charge is 0.307 e. The second kappa shape index (κ2) is 8.20. The first-order valence-electron chi connectivity index (χ1n) is 7.96. The number of rotatable bonds is 7. The van der Waals surface area contributed by atoms with Crippen LogP contribution in [0.1, 0.15) is 29.9 Å². The highest BCUT2D eigenvalue weighted by molar-refractivity contribution is 7.20. The first-order valence-corrected chi connectivity index (χ1v) is 8.77. The predicted molar refractivity (Wildman–Crippen MR) is 97.7 cm³/mol. The van der Waals surface area contributed by atoms with Crippen molar-refractivity contribution in [2.24, 2.45) is 0 Å². The van der Waals surface area contributed by atoms with Crippen molar-refractivity contribution in [3.05, 3.63) is 23.1 Å². The number of hydrogen-bond donors (Lipinski definition) is 0. The number of ether oxygens (including phenoxy) is 3. The van der Waals surface area contributed by atoms with Crippen LogP contribution in [0, 0.1) is 0 Å². The fourth-order valence-electron chi connectivity index (χ4n) is 2.34. The van der Waals surface area contributed by atoms with Crippen LogP contribution >= 0.6 is 11.3 Å². The minimum Gasteiger partial charge on any atom is -0.493 e. The predicted octanol–water partition coefficient (Wildman–Crippen LogP) is 3.33. The van der Waals surface area contributed by atoms with E-state index in [1.54, 1.807) is 35.1 Å². The van der Waals surface area contributed by atoms with Crippen LogP contribution in [-0.2, 0) is 9.53 Å². The van der Waals surface area contributed by atoms with Gasteiger partial charge in [0.1, 0.15) is 0 Å². The Kier molecular flexibility index (Phi) is 6.25. The summed E-state index contributed by atoms with van der Waals surface area (Å²) in [5, 5.41) is 0.915. The summed E-state index contributed by atoms with van der Waals surface area (Å²) in [6, 6.07) is 5.53. The number of fused-ring (bicyclic) bond motifs is 1. The van der Waals surface area contributed by atoms with Crippen molar-refractivity contribution in [2.75, 3.05) is 27.8 Å². The molecule has 1 heterocycles. The highest BCUT2D eigenvalue weighted by atomic mass is 32.1. The van der Waals surface area contributed by atoms with Crippen molar-refractivity contribution in [1.29, 1.82) is 0 Å². The van der Waals surface area contributed by atoms with Crippen molar-refractivity contribution in [1.82, 2.24) is 4.90 Å². The van der Waals surface area contributed by atoms with Gasteiger partial charge in [-0.2, -0.15) is 0 Å². The van der Waals surface area contributed by atoms with E-state index in [-0.39, 0.29) is 24.4 Å². The van der Waals surface area contributed by atoms with E-state index in [4.69, 9.17) is 14.2 Å². The summed E-state index contributed by atoms with van der Waals surface area (Å²) < 4.78 is 16.6. The Balaban J connectivity index is 2.12. The molecule has 1 aromatic heterocycles. The van der Waals surface area contributed by atoms with E-state index >= 15 is 0 Å². The van der Waals surface area contributed by atoms with Gasteiger partial charge in [0.15, 0.2) is 11.5 Å². The molecule has 0 fully saturated rings. The third-order valence-electron chi connectivity index (χ3n) is 3.60. The summed E-state index contributed by atoms with van der Waals surface area (Å²) in [6.45, 7) is 3.91. The summed E-state index contributed by atoms with van der Waals surface area (Å²) in [5.41, 5.74) is 0. The van der Waals surface area contributed by atoms with Crippen molar-refractivity contribution >= 4 is 33.3 Å². The molecule has 136 valence electrons. The van der Waals surface area contributed by atoms with Gasteiger partial charge in [0, 0.05) is 24.4 Å². The first kappa shape index (κ1) is 19.1. The molecule has 0 atom stereocenters. The fraction of sp³-hybridized carbons (Fsp3) is 0.444. The Labute approximate surface area is 151 Å². The molecule has 2 rings (SSSR count). The zero-order valence-corrected chi connectivity index (χ0v) is 15.9. The number of thiophene rings is 1. The molecule has 0 spiro atoms. The Bertz CT molecular complexity index is 727.